The molecule has 5 nitrogen and oxygen atoms in total. The number of thiocarbonyl (C=S) groups is 1. The van der Waals surface area contributed by atoms with Gasteiger partial charge in [0.1, 0.15) is 5.75 Å². The van der Waals surface area contributed by atoms with Crippen molar-refractivity contribution in [2.45, 2.75) is 52.9 Å². The summed E-state index contributed by atoms with van der Waals surface area (Å²) in [5, 5.41) is 7.09. The summed E-state index contributed by atoms with van der Waals surface area (Å²) >= 11 is 11.5. The monoisotopic (exact) mass is 382 g/mol. The van der Waals surface area contributed by atoms with Crippen molar-refractivity contribution < 1.29 is 14.3 Å². The third kappa shape index (κ3) is 4.86. The highest BCUT2D eigenvalue weighted by Crippen LogP contribution is 2.36. The van der Waals surface area contributed by atoms with E-state index in [0.29, 0.717) is 27.2 Å². The van der Waals surface area contributed by atoms with E-state index in [1.807, 2.05) is 27.7 Å². The van der Waals surface area contributed by atoms with Gasteiger partial charge in [0.25, 0.3) is 0 Å². The number of carbonyl (C=O) groups excluding carboxylic acids is 1. The molecule has 0 aliphatic carbocycles. The molecule has 0 saturated carbocycles. The molecule has 0 spiro atoms. The molecule has 25 heavy (non-hydrogen) atoms. The van der Waals surface area contributed by atoms with Gasteiger partial charge in [0.05, 0.1) is 23.8 Å². The highest BCUT2D eigenvalue weighted by atomic mass is 35.5. The smallest absolute Gasteiger partial charge is 0.338 e. The second-order valence-corrected chi connectivity index (χ2v) is 7.22. The SMILES string of the molecule is CC1=C(C(=O)OC(C)C)[C@@H](c2cc(Cl)ccc2OC(C)C)NC(=S)N1. The van der Waals surface area contributed by atoms with Crippen molar-refractivity contribution in [2.75, 3.05) is 0 Å². The van der Waals surface area contributed by atoms with E-state index < -0.39 is 12.0 Å². The number of benzene rings is 1. The van der Waals surface area contributed by atoms with Crippen LogP contribution in [0.5, 0.6) is 5.75 Å². The molecular weight excluding hydrogens is 360 g/mol. The molecule has 0 fully saturated rings. The Morgan fingerprint density at radius 1 is 1.24 bits per heavy atom. The van der Waals surface area contributed by atoms with E-state index in [9.17, 15) is 4.79 Å². The molecule has 2 N–H and O–H groups in total. The summed E-state index contributed by atoms with van der Waals surface area (Å²) in [4.78, 5) is 12.7. The van der Waals surface area contributed by atoms with Gasteiger partial charge in [-0.15, -0.1) is 0 Å². The number of nitrogens with one attached hydrogen (secondary N) is 2. The Morgan fingerprint density at radius 3 is 2.52 bits per heavy atom. The summed E-state index contributed by atoms with van der Waals surface area (Å²) in [5.74, 6) is 0.236. The number of rotatable bonds is 5. The van der Waals surface area contributed by atoms with Crippen molar-refractivity contribution in [3.05, 3.63) is 40.1 Å². The molecule has 0 unspecified atom stereocenters. The van der Waals surface area contributed by atoms with Crippen molar-refractivity contribution in [1.82, 2.24) is 10.6 Å². The van der Waals surface area contributed by atoms with Gasteiger partial charge < -0.3 is 20.1 Å². The lowest BCUT2D eigenvalue weighted by atomic mass is 9.94. The summed E-state index contributed by atoms with van der Waals surface area (Å²) in [6.45, 7) is 9.29. The second-order valence-electron chi connectivity index (χ2n) is 6.37. The van der Waals surface area contributed by atoms with Gasteiger partial charge in [-0.2, -0.15) is 0 Å². The van der Waals surface area contributed by atoms with Crippen molar-refractivity contribution in [3.63, 3.8) is 0 Å². The third-order valence-electron chi connectivity index (χ3n) is 3.48. The Labute approximate surface area is 158 Å². The highest BCUT2D eigenvalue weighted by Gasteiger charge is 2.33. The Bertz CT molecular complexity index is 716. The zero-order chi connectivity index (χ0) is 18.7. The van der Waals surface area contributed by atoms with E-state index in [2.05, 4.69) is 10.6 Å². The van der Waals surface area contributed by atoms with Crippen LogP contribution in [-0.4, -0.2) is 23.3 Å². The van der Waals surface area contributed by atoms with Crippen LogP contribution in [0.25, 0.3) is 0 Å². The molecule has 0 aromatic heterocycles. The van der Waals surface area contributed by atoms with E-state index in [4.69, 9.17) is 33.3 Å². The molecule has 1 aromatic rings. The average Bonchev–Trinajstić information content (AvgIpc) is 2.46. The van der Waals surface area contributed by atoms with Gasteiger partial charge >= 0.3 is 5.97 Å². The van der Waals surface area contributed by atoms with Gasteiger partial charge in [-0.1, -0.05) is 11.6 Å². The molecule has 1 aromatic carbocycles. The largest absolute Gasteiger partial charge is 0.491 e. The normalized spacial score (nSPS) is 17.4. The fourth-order valence-electron chi connectivity index (χ4n) is 2.58. The van der Waals surface area contributed by atoms with Gasteiger partial charge in [0, 0.05) is 16.3 Å². The van der Waals surface area contributed by atoms with E-state index in [1.165, 1.54) is 0 Å². The molecular formula is C18H23ClN2O3S. The summed E-state index contributed by atoms with van der Waals surface area (Å²) in [7, 11) is 0. The minimum atomic E-state index is -0.507. The molecule has 136 valence electrons. The van der Waals surface area contributed by atoms with Crippen LogP contribution in [-0.2, 0) is 9.53 Å². The van der Waals surface area contributed by atoms with Crippen molar-refractivity contribution in [1.29, 1.82) is 0 Å². The summed E-state index contributed by atoms with van der Waals surface area (Å²) in [6, 6.07) is 4.82. The Balaban J connectivity index is 2.54. The Morgan fingerprint density at radius 2 is 1.92 bits per heavy atom. The van der Waals surface area contributed by atoms with Crippen LogP contribution >= 0.6 is 23.8 Å². The maximum Gasteiger partial charge on any atom is 0.338 e. The minimum Gasteiger partial charge on any atom is -0.491 e. The van der Waals surface area contributed by atoms with Crippen molar-refractivity contribution >= 4 is 34.9 Å². The fraction of sp³-hybridized carbons (Fsp3) is 0.444. The van der Waals surface area contributed by atoms with E-state index in [0.717, 1.165) is 5.56 Å². The van der Waals surface area contributed by atoms with Gasteiger partial charge in [-0.3, -0.25) is 0 Å². The average molecular weight is 383 g/mol. The molecule has 0 amide bonds. The Kier molecular flexibility index (Phi) is 6.30. The van der Waals surface area contributed by atoms with Gasteiger partial charge in [-0.05, 0) is 65.0 Å². The number of esters is 1. The first-order valence-corrected chi connectivity index (χ1v) is 8.93. The summed E-state index contributed by atoms with van der Waals surface area (Å²) in [5.41, 5.74) is 1.84. The minimum absolute atomic E-state index is 0.0234. The summed E-state index contributed by atoms with van der Waals surface area (Å²) < 4.78 is 11.3. The summed E-state index contributed by atoms with van der Waals surface area (Å²) in [6.07, 6.45) is -0.252. The zero-order valence-corrected chi connectivity index (χ0v) is 16.5. The van der Waals surface area contributed by atoms with Crippen molar-refractivity contribution in [3.8, 4) is 5.75 Å². The van der Waals surface area contributed by atoms with Crippen molar-refractivity contribution in [2.24, 2.45) is 0 Å². The van der Waals surface area contributed by atoms with Crippen LogP contribution in [0.3, 0.4) is 0 Å². The quantitative estimate of drug-likeness (QED) is 0.595. The van der Waals surface area contributed by atoms with Crippen LogP contribution < -0.4 is 15.4 Å². The predicted octanol–water partition coefficient (Wildman–Crippen LogP) is 3.87. The first-order valence-electron chi connectivity index (χ1n) is 8.14. The van der Waals surface area contributed by atoms with Crippen LogP contribution in [0, 0.1) is 0 Å². The first-order chi connectivity index (χ1) is 11.7. The molecule has 1 heterocycles. The number of hydrogen-bond acceptors (Lipinski definition) is 4. The fourth-order valence-corrected chi connectivity index (χ4v) is 3.03. The number of hydrogen-bond donors (Lipinski definition) is 2. The third-order valence-corrected chi connectivity index (χ3v) is 3.93. The molecule has 2 rings (SSSR count). The number of ether oxygens (including phenoxy) is 2. The standard InChI is InChI=1S/C18H23ClN2O3S/c1-9(2)23-14-7-6-12(19)8-13(14)16-15(17(22)24-10(3)4)11(5)20-18(25)21-16/h6-10,16H,1-5H3,(H2,20,21,25)/t16-/m1/s1. The molecule has 0 bridgehead atoms. The molecule has 1 atom stereocenters. The molecule has 7 heteroatoms. The maximum atomic E-state index is 12.7. The lowest BCUT2D eigenvalue weighted by Gasteiger charge is -2.31. The van der Waals surface area contributed by atoms with Crippen LogP contribution in [0.15, 0.2) is 29.5 Å². The lowest BCUT2D eigenvalue weighted by molar-refractivity contribution is -0.143. The van der Waals surface area contributed by atoms with Crippen LogP contribution in [0.2, 0.25) is 5.02 Å². The van der Waals surface area contributed by atoms with Gasteiger partial charge in [0.15, 0.2) is 5.11 Å². The molecule has 1 aliphatic rings. The van der Waals surface area contributed by atoms with E-state index in [-0.39, 0.29) is 12.2 Å². The lowest BCUT2D eigenvalue weighted by Crippen LogP contribution is -2.45. The van der Waals surface area contributed by atoms with E-state index in [1.54, 1.807) is 25.1 Å². The van der Waals surface area contributed by atoms with Crippen LogP contribution in [0.4, 0.5) is 0 Å². The number of carbonyl (C=O) groups is 1. The van der Waals surface area contributed by atoms with Crippen LogP contribution in [0.1, 0.15) is 46.2 Å². The molecule has 0 saturated heterocycles. The van der Waals surface area contributed by atoms with Gasteiger partial charge in [-0.25, -0.2) is 4.79 Å². The molecule has 1 aliphatic heterocycles. The predicted molar refractivity (Wildman–Crippen MR) is 103 cm³/mol. The second kappa shape index (κ2) is 8.06. The molecule has 0 radical (unpaired) electrons. The maximum absolute atomic E-state index is 12.7. The zero-order valence-electron chi connectivity index (χ0n) is 15.0. The number of halogens is 1. The first kappa shape index (κ1) is 19.5. The van der Waals surface area contributed by atoms with E-state index >= 15 is 0 Å². The topological polar surface area (TPSA) is 59.6 Å². The van der Waals surface area contributed by atoms with Gasteiger partial charge in [0.2, 0.25) is 0 Å². The highest BCUT2D eigenvalue weighted by molar-refractivity contribution is 7.80. The Hall–Kier alpha value is -1.79. The number of allylic oxidation sites excluding steroid dienone is 1.